The zero-order valence-electron chi connectivity index (χ0n) is 14.5. The Kier molecular flexibility index (Phi) is 6.42. The maximum absolute atomic E-state index is 12.1. The summed E-state index contributed by atoms with van der Waals surface area (Å²) in [6, 6.07) is 8.18. The van der Waals surface area contributed by atoms with Crippen molar-refractivity contribution in [3.05, 3.63) is 29.8 Å². The molecule has 1 aromatic rings. The summed E-state index contributed by atoms with van der Waals surface area (Å²) in [6.45, 7) is 10.6. The topological polar surface area (TPSA) is 55.8 Å². The van der Waals surface area contributed by atoms with E-state index < -0.39 is 0 Å². The van der Waals surface area contributed by atoms with E-state index >= 15 is 0 Å². The minimum Gasteiger partial charge on any atom is -0.394 e. The first kappa shape index (κ1) is 17.8. The number of piperazine rings is 1. The third kappa shape index (κ3) is 4.69. The molecular weight excluding hydrogens is 290 g/mol. The van der Waals surface area contributed by atoms with Crippen LogP contribution in [0.25, 0.3) is 0 Å². The monoisotopic (exact) mass is 319 g/mol. The van der Waals surface area contributed by atoms with Crippen molar-refractivity contribution in [3.8, 4) is 0 Å². The van der Waals surface area contributed by atoms with E-state index in [9.17, 15) is 9.90 Å². The van der Waals surface area contributed by atoms with Gasteiger partial charge < -0.3 is 15.3 Å². The fraction of sp³-hybridized carbons (Fsp3) is 0.611. The van der Waals surface area contributed by atoms with Crippen LogP contribution in [0.1, 0.15) is 37.6 Å². The number of hydrogen-bond acceptors (Lipinski definition) is 4. The van der Waals surface area contributed by atoms with Crippen molar-refractivity contribution >= 4 is 11.6 Å². The number of amides is 1. The highest BCUT2D eigenvalue weighted by Crippen LogP contribution is 2.18. The molecule has 1 unspecified atom stereocenters. The van der Waals surface area contributed by atoms with Crippen LogP contribution in [0.5, 0.6) is 0 Å². The molecule has 1 amide bonds. The summed E-state index contributed by atoms with van der Waals surface area (Å²) in [6.07, 6.45) is 0.723. The predicted molar refractivity (Wildman–Crippen MR) is 94.0 cm³/mol. The lowest BCUT2D eigenvalue weighted by Crippen LogP contribution is -2.48. The molecule has 1 fully saturated rings. The van der Waals surface area contributed by atoms with E-state index in [0.717, 1.165) is 32.6 Å². The van der Waals surface area contributed by atoms with Gasteiger partial charge in [-0.2, -0.15) is 0 Å². The Bertz CT molecular complexity index is 489. The second kappa shape index (κ2) is 8.31. The smallest absolute Gasteiger partial charge is 0.251 e. The molecule has 5 heteroatoms. The SMILES string of the molecule is CCC(CO)NC(=O)c1ccc(N2CCN(C(C)C)CC2)cc1. The molecule has 1 aliphatic heterocycles. The number of carbonyl (C=O) groups is 1. The fourth-order valence-electron chi connectivity index (χ4n) is 2.87. The van der Waals surface area contributed by atoms with Gasteiger partial charge in [-0.1, -0.05) is 6.92 Å². The molecule has 1 aromatic carbocycles. The van der Waals surface area contributed by atoms with Crippen LogP contribution in [0.4, 0.5) is 5.69 Å². The Labute approximate surface area is 139 Å². The molecule has 1 aliphatic rings. The van der Waals surface area contributed by atoms with Crippen molar-refractivity contribution in [1.29, 1.82) is 0 Å². The van der Waals surface area contributed by atoms with Crippen molar-refractivity contribution < 1.29 is 9.90 Å². The van der Waals surface area contributed by atoms with Gasteiger partial charge in [-0.25, -0.2) is 0 Å². The summed E-state index contributed by atoms with van der Waals surface area (Å²) in [5, 5.41) is 12.0. The molecule has 0 bridgehead atoms. The third-order valence-corrected chi connectivity index (χ3v) is 4.59. The van der Waals surface area contributed by atoms with Gasteiger partial charge in [0, 0.05) is 43.5 Å². The average Bonchev–Trinajstić information content (AvgIpc) is 2.59. The molecule has 0 aromatic heterocycles. The van der Waals surface area contributed by atoms with Crippen LogP contribution < -0.4 is 10.2 Å². The maximum Gasteiger partial charge on any atom is 0.251 e. The Morgan fingerprint density at radius 1 is 1.17 bits per heavy atom. The minimum atomic E-state index is -0.175. The first-order valence-electron chi connectivity index (χ1n) is 8.56. The minimum absolute atomic E-state index is 0.0273. The van der Waals surface area contributed by atoms with Crippen LogP contribution in [0.3, 0.4) is 0 Å². The van der Waals surface area contributed by atoms with Gasteiger partial charge in [0.1, 0.15) is 0 Å². The van der Waals surface area contributed by atoms with Gasteiger partial charge in [-0.15, -0.1) is 0 Å². The number of benzene rings is 1. The number of aliphatic hydroxyl groups excluding tert-OH is 1. The molecule has 1 atom stereocenters. The molecule has 128 valence electrons. The van der Waals surface area contributed by atoms with Crippen molar-refractivity contribution in [2.24, 2.45) is 0 Å². The number of hydrogen-bond donors (Lipinski definition) is 2. The van der Waals surface area contributed by atoms with Crippen molar-refractivity contribution in [2.45, 2.75) is 39.3 Å². The Balaban J connectivity index is 1.93. The van der Waals surface area contributed by atoms with Crippen LogP contribution in [-0.4, -0.2) is 60.8 Å². The fourth-order valence-corrected chi connectivity index (χ4v) is 2.87. The maximum atomic E-state index is 12.1. The van der Waals surface area contributed by atoms with E-state index in [1.807, 2.05) is 31.2 Å². The molecule has 2 N–H and O–H groups in total. The van der Waals surface area contributed by atoms with Gasteiger partial charge in [0.15, 0.2) is 0 Å². The second-order valence-electron chi connectivity index (χ2n) is 6.42. The summed E-state index contributed by atoms with van der Waals surface area (Å²) < 4.78 is 0. The molecule has 0 radical (unpaired) electrons. The normalized spacial score (nSPS) is 17.3. The van der Waals surface area contributed by atoms with Gasteiger partial charge in [0.05, 0.1) is 12.6 Å². The molecule has 0 saturated carbocycles. The van der Waals surface area contributed by atoms with Gasteiger partial charge in [-0.3, -0.25) is 9.69 Å². The summed E-state index contributed by atoms with van der Waals surface area (Å²) in [5.41, 5.74) is 1.81. The van der Waals surface area contributed by atoms with Crippen LogP contribution in [-0.2, 0) is 0 Å². The number of aliphatic hydroxyl groups is 1. The van der Waals surface area contributed by atoms with Crippen LogP contribution >= 0.6 is 0 Å². The highest BCUT2D eigenvalue weighted by molar-refractivity contribution is 5.94. The number of carbonyl (C=O) groups excluding carboxylic acids is 1. The van der Waals surface area contributed by atoms with E-state index in [0.29, 0.717) is 11.6 Å². The number of anilines is 1. The lowest BCUT2D eigenvalue weighted by Gasteiger charge is -2.38. The summed E-state index contributed by atoms with van der Waals surface area (Å²) >= 11 is 0. The Morgan fingerprint density at radius 3 is 2.26 bits per heavy atom. The number of nitrogens with one attached hydrogen (secondary N) is 1. The largest absolute Gasteiger partial charge is 0.394 e. The van der Waals surface area contributed by atoms with Gasteiger partial charge in [0.2, 0.25) is 0 Å². The van der Waals surface area contributed by atoms with Crippen LogP contribution in [0.2, 0.25) is 0 Å². The Morgan fingerprint density at radius 2 is 1.78 bits per heavy atom. The summed E-state index contributed by atoms with van der Waals surface area (Å²) in [5.74, 6) is -0.123. The zero-order chi connectivity index (χ0) is 16.8. The van der Waals surface area contributed by atoms with Gasteiger partial charge in [0.25, 0.3) is 5.91 Å². The molecular formula is C18H29N3O2. The average molecular weight is 319 g/mol. The lowest BCUT2D eigenvalue weighted by molar-refractivity contribution is 0.0915. The lowest BCUT2D eigenvalue weighted by atomic mass is 10.1. The summed E-state index contributed by atoms with van der Waals surface area (Å²) in [4.78, 5) is 17.0. The van der Waals surface area contributed by atoms with Crippen LogP contribution in [0, 0.1) is 0 Å². The first-order valence-corrected chi connectivity index (χ1v) is 8.56. The van der Waals surface area contributed by atoms with Gasteiger partial charge >= 0.3 is 0 Å². The summed E-state index contributed by atoms with van der Waals surface area (Å²) in [7, 11) is 0. The molecule has 2 rings (SSSR count). The zero-order valence-corrected chi connectivity index (χ0v) is 14.5. The van der Waals surface area contributed by atoms with E-state index in [1.165, 1.54) is 5.69 Å². The van der Waals surface area contributed by atoms with Crippen molar-refractivity contribution in [3.63, 3.8) is 0 Å². The molecule has 1 saturated heterocycles. The molecule has 0 spiro atoms. The molecule has 1 heterocycles. The highest BCUT2D eigenvalue weighted by atomic mass is 16.3. The van der Waals surface area contributed by atoms with E-state index in [-0.39, 0.29) is 18.6 Å². The van der Waals surface area contributed by atoms with E-state index in [2.05, 4.69) is 29.0 Å². The molecule has 5 nitrogen and oxygen atoms in total. The Hall–Kier alpha value is -1.59. The van der Waals surface area contributed by atoms with Crippen LogP contribution in [0.15, 0.2) is 24.3 Å². The number of rotatable bonds is 6. The predicted octanol–water partition coefficient (Wildman–Crippen LogP) is 1.72. The quantitative estimate of drug-likeness (QED) is 0.838. The highest BCUT2D eigenvalue weighted by Gasteiger charge is 2.19. The van der Waals surface area contributed by atoms with E-state index in [4.69, 9.17) is 0 Å². The van der Waals surface area contributed by atoms with Crippen molar-refractivity contribution in [1.82, 2.24) is 10.2 Å². The first-order chi connectivity index (χ1) is 11.0. The second-order valence-corrected chi connectivity index (χ2v) is 6.42. The standard InChI is InChI=1S/C18H29N3O2/c1-4-16(13-22)19-18(23)15-5-7-17(8-6-15)21-11-9-20(10-12-21)14(2)3/h5-8,14,16,22H,4,9-13H2,1-3H3,(H,19,23). The third-order valence-electron chi connectivity index (χ3n) is 4.59. The van der Waals surface area contributed by atoms with Crippen molar-refractivity contribution in [2.75, 3.05) is 37.7 Å². The number of nitrogens with zero attached hydrogens (tertiary/aromatic N) is 2. The van der Waals surface area contributed by atoms with Gasteiger partial charge in [-0.05, 0) is 44.5 Å². The molecule has 23 heavy (non-hydrogen) atoms. The molecule has 0 aliphatic carbocycles. The van der Waals surface area contributed by atoms with E-state index in [1.54, 1.807) is 0 Å².